The molecule has 1 aliphatic heterocycles. The van der Waals surface area contributed by atoms with E-state index in [1.807, 2.05) is 35.2 Å². The van der Waals surface area contributed by atoms with Crippen molar-refractivity contribution in [2.45, 2.75) is 11.8 Å². The van der Waals surface area contributed by atoms with Crippen molar-refractivity contribution in [3.63, 3.8) is 0 Å². The average molecular weight is 423 g/mol. The van der Waals surface area contributed by atoms with Gasteiger partial charge in [-0.2, -0.15) is 0 Å². The molecule has 5 nitrogen and oxygen atoms in total. The highest BCUT2D eigenvalue weighted by Crippen LogP contribution is 2.45. The summed E-state index contributed by atoms with van der Waals surface area (Å²) < 4.78 is 11.7. The number of pyridine rings is 1. The molecule has 7 heteroatoms. The van der Waals surface area contributed by atoms with Crippen LogP contribution in [0.15, 0.2) is 41.0 Å². The summed E-state index contributed by atoms with van der Waals surface area (Å²) in [5.41, 5.74) is 1.99. The number of rotatable bonds is 6. The fourth-order valence-electron chi connectivity index (χ4n) is 2.79. The molecule has 1 aliphatic rings. The highest BCUT2D eigenvalue weighted by Gasteiger charge is 2.34. The van der Waals surface area contributed by atoms with Gasteiger partial charge in [0.15, 0.2) is 11.5 Å². The second-order valence-electron chi connectivity index (χ2n) is 5.55. The average Bonchev–Trinajstić information content (AvgIpc) is 3.01. The number of halogens is 1. The Morgan fingerprint density at radius 2 is 2.04 bits per heavy atom. The SMILES string of the molecule is COc1cc(Br)c(C2SCC(=O)N2CCc2ccccn2)cc1OC. The first-order chi connectivity index (χ1) is 12.1. The van der Waals surface area contributed by atoms with Gasteiger partial charge in [0, 0.05) is 34.9 Å². The minimum absolute atomic E-state index is 0.0506. The van der Waals surface area contributed by atoms with Crippen molar-refractivity contribution < 1.29 is 14.3 Å². The number of carbonyl (C=O) groups is 1. The third kappa shape index (κ3) is 3.93. The molecule has 1 saturated heterocycles. The molecule has 0 spiro atoms. The lowest BCUT2D eigenvalue weighted by Gasteiger charge is -2.25. The minimum atomic E-state index is -0.0506. The normalized spacial score (nSPS) is 17.0. The molecule has 0 N–H and O–H groups in total. The third-order valence-electron chi connectivity index (χ3n) is 4.07. The fourth-order valence-corrected chi connectivity index (χ4v) is 4.73. The molecule has 1 fully saturated rings. The predicted molar refractivity (Wildman–Crippen MR) is 102 cm³/mol. The minimum Gasteiger partial charge on any atom is -0.493 e. The summed E-state index contributed by atoms with van der Waals surface area (Å²) in [6.45, 7) is 0.633. The molecular formula is C18H19BrN2O3S. The van der Waals surface area contributed by atoms with Crippen LogP contribution in [0.5, 0.6) is 11.5 Å². The van der Waals surface area contributed by atoms with Gasteiger partial charge in [0.2, 0.25) is 5.91 Å². The van der Waals surface area contributed by atoms with E-state index in [1.165, 1.54) is 0 Å². The largest absolute Gasteiger partial charge is 0.493 e. The van der Waals surface area contributed by atoms with Crippen molar-refractivity contribution in [3.05, 3.63) is 52.3 Å². The molecule has 0 radical (unpaired) electrons. The van der Waals surface area contributed by atoms with E-state index in [4.69, 9.17) is 9.47 Å². The zero-order chi connectivity index (χ0) is 17.8. The summed E-state index contributed by atoms with van der Waals surface area (Å²) in [7, 11) is 3.22. The van der Waals surface area contributed by atoms with Crippen LogP contribution in [-0.4, -0.2) is 42.3 Å². The third-order valence-corrected chi connectivity index (χ3v) is 6.00. The molecule has 1 amide bonds. The number of methoxy groups -OCH3 is 2. The number of ether oxygens (including phenoxy) is 2. The second kappa shape index (κ2) is 8.10. The molecule has 132 valence electrons. The number of benzene rings is 1. The summed E-state index contributed by atoms with van der Waals surface area (Å²) >= 11 is 5.23. The molecule has 2 heterocycles. The molecule has 1 aromatic carbocycles. The van der Waals surface area contributed by atoms with Gasteiger partial charge in [0.25, 0.3) is 0 Å². The van der Waals surface area contributed by atoms with E-state index in [0.29, 0.717) is 23.8 Å². The van der Waals surface area contributed by atoms with Crippen molar-refractivity contribution in [2.75, 3.05) is 26.5 Å². The first-order valence-electron chi connectivity index (χ1n) is 7.86. The van der Waals surface area contributed by atoms with Gasteiger partial charge < -0.3 is 14.4 Å². The van der Waals surface area contributed by atoms with Crippen molar-refractivity contribution >= 4 is 33.6 Å². The molecule has 3 rings (SSSR count). The van der Waals surface area contributed by atoms with Crippen LogP contribution in [0.1, 0.15) is 16.6 Å². The van der Waals surface area contributed by atoms with Crippen LogP contribution in [-0.2, 0) is 11.2 Å². The smallest absolute Gasteiger partial charge is 0.233 e. The van der Waals surface area contributed by atoms with E-state index in [-0.39, 0.29) is 11.3 Å². The molecular weight excluding hydrogens is 404 g/mol. The maximum atomic E-state index is 12.4. The molecule has 1 aromatic heterocycles. The van der Waals surface area contributed by atoms with Gasteiger partial charge in [-0.1, -0.05) is 22.0 Å². The van der Waals surface area contributed by atoms with E-state index in [9.17, 15) is 4.79 Å². The van der Waals surface area contributed by atoms with Gasteiger partial charge in [0.05, 0.1) is 20.0 Å². The molecule has 1 atom stereocenters. The Morgan fingerprint density at radius 1 is 1.28 bits per heavy atom. The molecule has 1 unspecified atom stereocenters. The summed E-state index contributed by atoms with van der Waals surface area (Å²) in [6, 6.07) is 9.66. The zero-order valence-electron chi connectivity index (χ0n) is 14.1. The monoisotopic (exact) mass is 422 g/mol. The Morgan fingerprint density at radius 3 is 2.72 bits per heavy atom. The van der Waals surface area contributed by atoms with Gasteiger partial charge >= 0.3 is 0 Å². The number of thioether (sulfide) groups is 1. The summed E-state index contributed by atoms with van der Waals surface area (Å²) in [5, 5.41) is -0.0506. The predicted octanol–water partition coefficient (Wildman–Crippen LogP) is 3.68. The Labute approximate surface area is 159 Å². The highest BCUT2D eigenvalue weighted by atomic mass is 79.9. The standard InChI is InChI=1S/C18H19BrN2O3S/c1-23-15-9-13(14(19)10-16(15)24-2)18-21(17(22)11-25-18)8-6-12-5-3-4-7-20-12/h3-5,7,9-10,18H,6,8,11H2,1-2H3. The number of hydrogen-bond acceptors (Lipinski definition) is 5. The van der Waals surface area contributed by atoms with Gasteiger partial charge in [-0.3, -0.25) is 9.78 Å². The van der Waals surface area contributed by atoms with Crippen LogP contribution in [0.3, 0.4) is 0 Å². The lowest BCUT2D eigenvalue weighted by molar-refractivity contribution is -0.128. The first-order valence-corrected chi connectivity index (χ1v) is 9.70. The quantitative estimate of drug-likeness (QED) is 0.710. The Kier molecular flexibility index (Phi) is 5.86. The Hall–Kier alpha value is -1.73. The molecule has 0 aliphatic carbocycles. The highest BCUT2D eigenvalue weighted by molar-refractivity contribution is 9.10. The van der Waals surface area contributed by atoms with Crippen molar-refractivity contribution in [1.29, 1.82) is 0 Å². The van der Waals surface area contributed by atoms with Gasteiger partial charge in [-0.05, 0) is 24.3 Å². The van der Waals surface area contributed by atoms with E-state index in [0.717, 1.165) is 22.2 Å². The number of nitrogens with zero attached hydrogens (tertiary/aromatic N) is 2. The van der Waals surface area contributed by atoms with Crippen LogP contribution < -0.4 is 9.47 Å². The maximum Gasteiger partial charge on any atom is 0.233 e. The number of aromatic nitrogens is 1. The Bertz CT molecular complexity index is 757. The van der Waals surface area contributed by atoms with Crippen LogP contribution >= 0.6 is 27.7 Å². The second-order valence-corrected chi connectivity index (χ2v) is 7.47. The van der Waals surface area contributed by atoms with E-state index < -0.39 is 0 Å². The van der Waals surface area contributed by atoms with Crippen LogP contribution in [0.2, 0.25) is 0 Å². The molecule has 2 aromatic rings. The van der Waals surface area contributed by atoms with Crippen LogP contribution in [0, 0.1) is 0 Å². The van der Waals surface area contributed by atoms with E-state index in [1.54, 1.807) is 32.2 Å². The molecule has 0 saturated carbocycles. The maximum absolute atomic E-state index is 12.4. The number of hydrogen-bond donors (Lipinski definition) is 0. The van der Waals surface area contributed by atoms with Crippen LogP contribution in [0.25, 0.3) is 0 Å². The van der Waals surface area contributed by atoms with Crippen LogP contribution in [0.4, 0.5) is 0 Å². The topological polar surface area (TPSA) is 51.7 Å². The Balaban J connectivity index is 1.84. The number of amides is 1. The van der Waals surface area contributed by atoms with Crippen molar-refractivity contribution in [1.82, 2.24) is 9.88 Å². The van der Waals surface area contributed by atoms with Gasteiger partial charge in [-0.25, -0.2) is 0 Å². The zero-order valence-corrected chi connectivity index (χ0v) is 16.5. The molecule has 0 bridgehead atoms. The summed E-state index contributed by atoms with van der Waals surface area (Å²) in [4.78, 5) is 18.6. The van der Waals surface area contributed by atoms with Gasteiger partial charge in [-0.15, -0.1) is 11.8 Å². The van der Waals surface area contributed by atoms with Crippen molar-refractivity contribution in [2.24, 2.45) is 0 Å². The lowest BCUT2D eigenvalue weighted by atomic mass is 10.1. The summed E-state index contributed by atoms with van der Waals surface area (Å²) in [6.07, 6.45) is 2.51. The molecule has 25 heavy (non-hydrogen) atoms. The number of carbonyl (C=O) groups excluding carboxylic acids is 1. The lowest BCUT2D eigenvalue weighted by Crippen LogP contribution is -2.30. The first kappa shape index (κ1) is 18.1. The summed E-state index contributed by atoms with van der Waals surface area (Å²) in [5.74, 6) is 1.94. The van der Waals surface area contributed by atoms with E-state index >= 15 is 0 Å². The van der Waals surface area contributed by atoms with Gasteiger partial charge in [0.1, 0.15) is 5.37 Å². The van der Waals surface area contributed by atoms with Crippen molar-refractivity contribution in [3.8, 4) is 11.5 Å². The van der Waals surface area contributed by atoms with E-state index in [2.05, 4.69) is 20.9 Å². The fraction of sp³-hybridized carbons (Fsp3) is 0.333.